The lowest BCUT2D eigenvalue weighted by molar-refractivity contribution is 1.42. The summed E-state index contributed by atoms with van der Waals surface area (Å²) < 4.78 is 0. The molecule has 0 amide bonds. The summed E-state index contributed by atoms with van der Waals surface area (Å²) in [5, 5.41) is 0. The predicted molar refractivity (Wildman–Crippen MR) is 94.4 cm³/mol. The first kappa shape index (κ1) is 36.0. The fourth-order valence-electron chi connectivity index (χ4n) is 0.118. The van der Waals surface area contributed by atoms with E-state index in [4.69, 9.17) is 0 Å². The van der Waals surface area contributed by atoms with Crippen LogP contribution in [0.15, 0.2) is 50.6 Å². The van der Waals surface area contributed by atoms with Crippen LogP contribution < -0.4 is 0 Å². The van der Waals surface area contributed by atoms with Crippen LogP contribution in [0.3, 0.4) is 0 Å². The van der Waals surface area contributed by atoms with Crippen molar-refractivity contribution in [1.29, 1.82) is 0 Å². The highest BCUT2D eigenvalue weighted by Gasteiger charge is 1.52. The van der Waals surface area contributed by atoms with Gasteiger partial charge >= 0.3 is 0 Å². The van der Waals surface area contributed by atoms with Gasteiger partial charge in [0.15, 0.2) is 0 Å². The Morgan fingerprint density at radius 3 is 0.824 bits per heavy atom. The number of hydrogen-bond donors (Lipinski definition) is 1. The molecule has 0 radical (unpaired) electrons. The smallest absolute Gasteiger partial charge is 0.0175 e. The molecule has 0 unspecified atom stereocenters. The minimum Gasteiger partial charge on any atom is -0.183 e. The monoisotopic (exact) mass is 260 g/mol. The lowest BCUT2D eigenvalue weighted by Gasteiger charge is -1.64. The van der Waals surface area contributed by atoms with Gasteiger partial charge in [-0.3, -0.25) is 0 Å². The van der Waals surface area contributed by atoms with Crippen molar-refractivity contribution in [2.24, 2.45) is 0 Å². The van der Waals surface area contributed by atoms with Crippen molar-refractivity contribution < 1.29 is 0 Å². The molecular formula is C16H36S. The van der Waals surface area contributed by atoms with Gasteiger partial charge in [-0.2, -0.15) is 12.6 Å². The second-order valence-corrected chi connectivity index (χ2v) is 1.28. The third kappa shape index (κ3) is 508. The molecule has 0 aromatic heterocycles. The van der Waals surface area contributed by atoms with Crippen LogP contribution in [0.25, 0.3) is 0 Å². The second-order valence-electron chi connectivity index (χ2n) is 1.28. The summed E-state index contributed by atoms with van der Waals surface area (Å²) in [6.45, 7) is 25.7. The molecule has 0 saturated carbocycles. The van der Waals surface area contributed by atoms with Gasteiger partial charge in [0.2, 0.25) is 0 Å². The van der Waals surface area contributed by atoms with E-state index < -0.39 is 0 Å². The molecule has 106 valence electrons. The molecule has 0 N–H and O–H groups in total. The van der Waals surface area contributed by atoms with Gasteiger partial charge in [-0.05, 0) is 12.7 Å². The van der Waals surface area contributed by atoms with E-state index >= 15 is 0 Å². The lowest BCUT2D eigenvalue weighted by Crippen LogP contribution is -1.43. The van der Waals surface area contributed by atoms with E-state index in [1.54, 1.807) is 18.4 Å². The van der Waals surface area contributed by atoms with E-state index in [2.05, 4.69) is 38.9 Å². The minimum atomic E-state index is 0.917. The van der Waals surface area contributed by atoms with Crippen molar-refractivity contribution >= 4 is 12.6 Å². The van der Waals surface area contributed by atoms with Crippen LogP contribution in [0.5, 0.6) is 0 Å². The Balaban J connectivity index is -0.0000000228. The highest BCUT2D eigenvalue weighted by Crippen LogP contribution is 1.73. The van der Waals surface area contributed by atoms with E-state index in [-0.39, 0.29) is 0 Å². The highest BCUT2D eigenvalue weighted by molar-refractivity contribution is 7.79. The Morgan fingerprint density at radius 2 is 0.824 bits per heavy atom. The normalized spacial score (nSPS) is 4.47. The summed E-state index contributed by atoms with van der Waals surface area (Å²) in [6.07, 6.45) is 9.51. The molecule has 0 aliphatic rings. The van der Waals surface area contributed by atoms with Crippen LogP contribution in [0.2, 0.25) is 0 Å². The van der Waals surface area contributed by atoms with Gasteiger partial charge in [-0.1, -0.05) is 79.0 Å². The van der Waals surface area contributed by atoms with Crippen molar-refractivity contribution in [3.05, 3.63) is 50.6 Å². The number of rotatable bonds is 3. The predicted octanol–water partition coefficient (Wildman–Crippen LogP) is 6.73. The molecule has 0 spiro atoms. The number of allylic oxidation sites excluding steroid dienone is 4. The Labute approximate surface area is 118 Å². The van der Waals surface area contributed by atoms with Crippen molar-refractivity contribution in [3.63, 3.8) is 0 Å². The van der Waals surface area contributed by atoms with Gasteiger partial charge in [0.05, 0.1) is 0 Å². The molecule has 0 aliphatic heterocycles. The molecule has 0 nitrogen and oxygen atoms in total. The average Bonchev–Trinajstić information content (AvgIpc) is 2.48. The lowest BCUT2D eigenvalue weighted by atomic mass is 10.4. The van der Waals surface area contributed by atoms with Crippen molar-refractivity contribution in [2.75, 3.05) is 6.26 Å². The summed E-state index contributed by atoms with van der Waals surface area (Å²) in [5.74, 6) is 0. The standard InChI is InChI=1S/C5H8.C4H6.3C2H6.CH4S/c1-3-5-4-2;1-3-4-2;4*1-2/h3-4H,1-2,5H2;3-4H,1-2H2;3*1-2H3;2H,1H3. The molecule has 0 bridgehead atoms. The molecule has 0 aromatic rings. The van der Waals surface area contributed by atoms with Crippen LogP contribution in [0.4, 0.5) is 0 Å². The molecule has 0 atom stereocenters. The van der Waals surface area contributed by atoms with Crippen molar-refractivity contribution in [2.45, 2.75) is 48.0 Å². The summed E-state index contributed by atoms with van der Waals surface area (Å²) >= 11 is 3.53. The second kappa shape index (κ2) is 169. The highest BCUT2D eigenvalue weighted by atomic mass is 32.1. The summed E-state index contributed by atoms with van der Waals surface area (Å²) in [4.78, 5) is 0. The van der Waals surface area contributed by atoms with E-state index in [0.29, 0.717) is 0 Å². The Bertz CT molecular complexity index is 81.7. The van der Waals surface area contributed by atoms with Gasteiger partial charge < -0.3 is 0 Å². The maximum atomic E-state index is 3.53. The van der Waals surface area contributed by atoms with Gasteiger partial charge in [0, 0.05) is 0 Å². The fourth-order valence-corrected chi connectivity index (χ4v) is 0.118. The van der Waals surface area contributed by atoms with E-state index in [1.807, 2.05) is 53.7 Å². The topological polar surface area (TPSA) is 0 Å². The Kier molecular flexibility index (Phi) is 357. The molecule has 0 heterocycles. The molecule has 1 heteroatoms. The first-order valence-corrected chi connectivity index (χ1v) is 7.12. The Hall–Kier alpha value is -0.690. The SMILES string of the molecule is C=CC=C.C=CCC=C.CC.CC.CC.CS. The van der Waals surface area contributed by atoms with Gasteiger partial charge in [0.1, 0.15) is 0 Å². The van der Waals surface area contributed by atoms with Crippen LogP contribution in [-0.2, 0) is 0 Å². The van der Waals surface area contributed by atoms with Crippen LogP contribution in [0.1, 0.15) is 48.0 Å². The number of hydrogen-bond acceptors (Lipinski definition) is 1. The average molecular weight is 261 g/mol. The molecule has 0 saturated heterocycles. The Morgan fingerprint density at radius 1 is 0.647 bits per heavy atom. The first-order chi connectivity index (χ1) is 8.33. The van der Waals surface area contributed by atoms with Gasteiger partial charge in [-0.25, -0.2) is 0 Å². The maximum absolute atomic E-state index is 3.53. The van der Waals surface area contributed by atoms with Gasteiger partial charge in [0.25, 0.3) is 0 Å². The maximum Gasteiger partial charge on any atom is -0.0175 e. The van der Waals surface area contributed by atoms with Crippen molar-refractivity contribution in [3.8, 4) is 0 Å². The molecular weight excluding hydrogens is 224 g/mol. The van der Waals surface area contributed by atoms with E-state index in [0.717, 1.165) is 6.42 Å². The minimum absolute atomic E-state index is 0.917. The van der Waals surface area contributed by atoms with Crippen molar-refractivity contribution in [1.82, 2.24) is 0 Å². The third-order valence-electron chi connectivity index (χ3n) is 0.500. The summed E-state index contributed by atoms with van der Waals surface area (Å²) in [7, 11) is 0. The van der Waals surface area contributed by atoms with Crippen LogP contribution in [-0.4, -0.2) is 6.26 Å². The molecule has 0 aliphatic carbocycles. The fraction of sp³-hybridized carbons (Fsp3) is 0.500. The third-order valence-corrected chi connectivity index (χ3v) is 0.500. The zero-order valence-corrected chi connectivity index (χ0v) is 14.2. The molecule has 0 aromatic carbocycles. The zero-order chi connectivity index (χ0) is 15.5. The van der Waals surface area contributed by atoms with Gasteiger partial charge in [-0.15, -0.1) is 13.2 Å². The van der Waals surface area contributed by atoms with E-state index in [1.165, 1.54) is 0 Å². The molecule has 0 fully saturated rings. The molecule has 0 rings (SSSR count). The van der Waals surface area contributed by atoms with E-state index in [9.17, 15) is 0 Å². The summed E-state index contributed by atoms with van der Waals surface area (Å²) in [5.41, 5.74) is 0. The van der Waals surface area contributed by atoms with Crippen LogP contribution in [0, 0.1) is 0 Å². The number of thiol groups is 1. The quantitative estimate of drug-likeness (QED) is 0.324. The molecule has 17 heavy (non-hydrogen) atoms. The van der Waals surface area contributed by atoms with Crippen LogP contribution >= 0.6 is 12.6 Å². The largest absolute Gasteiger partial charge is 0.183 e. The zero-order valence-electron chi connectivity index (χ0n) is 13.3. The first-order valence-electron chi connectivity index (χ1n) is 6.23. The summed E-state index contributed by atoms with van der Waals surface area (Å²) in [6, 6.07) is 0.